The number of amides is 2. The normalized spacial score (nSPS) is 41.8. The molecule has 0 radical (unpaired) electrons. The molecule has 5 nitrogen and oxygen atoms in total. The summed E-state index contributed by atoms with van der Waals surface area (Å²) in [4.78, 5) is 23.6. The van der Waals surface area contributed by atoms with E-state index in [0.717, 1.165) is 12.8 Å². The fraction of sp³-hybridized carbons (Fsp3) is 0.714. The Morgan fingerprint density at radius 1 is 1.26 bits per heavy atom. The maximum absolute atomic E-state index is 11.9. The molecule has 0 aliphatic heterocycles. The van der Waals surface area contributed by atoms with Crippen molar-refractivity contribution in [2.75, 3.05) is 0 Å². The van der Waals surface area contributed by atoms with Crippen molar-refractivity contribution in [3.8, 4) is 0 Å². The van der Waals surface area contributed by atoms with Crippen molar-refractivity contribution < 1.29 is 14.3 Å². The number of rotatable bonds is 2. The predicted molar refractivity (Wildman–Crippen MR) is 69.1 cm³/mol. The van der Waals surface area contributed by atoms with Gasteiger partial charge in [0.25, 0.3) is 0 Å². The summed E-state index contributed by atoms with van der Waals surface area (Å²) in [5.74, 6) is -0.630. The highest BCUT2D eigenvalue weighted by Crippen LogP contribution is 2.75. The molecule has 0 unspecified atom stereocenters. The molecule has 19 heavy (non-hydrogen) atoms. The second-order valence-electron chi connectivity index (χ2n) is 7.16. The Labute approximate surface area is 112 Å². The van der Waals surface area contributed by atoms with Crippen LogP contribution in [0.4, 0.5) is 4.79 Å². The maximum Gasteiger partial charge on any atom is 0.407 e. The van der Waals surface area contributed by atoms with Crippen LogP contribution >= 0.6 is 0 Å². The molecule has 0 aromatic rings. The highest BCUT2D eigenvalue weighted by molar-refractivity contribution is 5.83. The van der Waals surface area contributed by atoms with Gasteiger partial charge in [-0.15, -0.1) is 0 Å². The molecule has 2 bridgehead atoms. The molecule has 0 saturated heterocycles. The summed E-state index contributed by atoms with van der Waals surface area (Å²) >= 11 is 0. The number of nitrogens with one attached hydrogen (secondary N) is 1. The standard InChI is InChI=1S/C14H20N2O3/c1-12(2,3)19-11(18)16-9-8(10(15)17)13-4-5-14(9,6-13)7-13/h4-5,8-9H,6-7H2,1-3H3,(H2,15,17)(H,16,18)/t8-,9-,13?,14?/m0/s1. The third-order valence-corrected chi connectivity index (χ3v) is 4.61. The third-order valence-electron chi connectivity index (χ3n) is 4.61. The first kappa shape index (κ1) is 12.5. The Bertz CT molecular complexity index is 483. The van der Waals surface area contributed by atoms with Gasteiger partial charge in [0.2, 0.25) is 5.91 Å². The molecule has 3 saturated carbocycles. The molecule has 0 aromatic heterocycles. The smallest absolute Gasteiger partial charge is 0.407 e. The van der Waals surface area contributed by atoms with Gasteiger partial charge in [-0.1, -0.05) is 12.2 Å². The minimum atomic E-state index is -0.543. The van der Waals surface area contributed by atoms with Gasteiger partial charge in [-0.25, -0.2) is 4.79 Å². The number of nitrogens with two attached hydrogens (primary N) is 1. The number of carbonyl (C=O) groups is 2. The van der Waals surface area contributed by atoms with Crippen LogP contribution in [-0.2, 0) is 9.53 Å². The summed E-state index contributed by atoms with van der Waals surface area (Å²) in [6.07, 6.45) is 5.62. The lowest BCUT2D eigenvalue weighted by molar-refractivity contribution is -0.124. The van der Waals surface area contributed by atoms with Crippen LogP contribution in [0.15, 0.2) is 12.2 Å². The van der Waals surface area contributed by atoms with E-state index in [0.29, 0.717) is 0 Å². The van der Waals surface area contributed by atoms with Crippen molar-refractivity contribution in [3.05, 3.63) is 12.2 Å². The number of hydrogen-bond donors (Lipinski definition) is 2. The molecule has 3 fully saturated rings. The summed E-state index contributed by atoms with van der Waals surface area (Å²) in [6.45, 7) is 5.45. The monoisotopic (exact) mass is 264 g/mol. The van der Waals surface area contributed by atoms with Gasteiger partial charge in [-0.05, 0) is 33.6 Å². The molecule has 2 amide bonds. The highest BCUT2D eigenvalue weighted by Gasteiger charge is 2.75. The van der Waals surface area contributed by atoms with E-state index in [2.05, 4.69) is 17.5 Å². The van der Waals surface area contributed by atoms with Crippen LogP contribution in [0.25, 0.3) is 0 Å². The largest absolute Gasteiger partial charge is 0.444 e. The van der Waals surface area contributed by atoms with Crippen LogP contribution in [0.5, 0.6) is 0 Å². The second kappa shape index (κ2) is 3.32. The molecule has 0 aromatic carbocycles. The van der Waals surface area contributed by atoms with Crippen LogP contribution in [0.3, 0.4) is 0 Å². The van der Waals surface area contributed by atoms with Crippen LogP contribution in [-0.4, -0.2) is 23.6 Å². The molecule has 5 aliphatic carbocycles. The Kier molecular flexibility index (Phi) is 2.19. The van der Waals surface area contributed by atoms with E-state index in [1.165, 1.54) is 0 Å². The lowest BCUT2D eigenvalue weighted by Crippen LogP contribution is -2.49. The van der Waals surface area contributed by atoms with Crippen molar-refractivity contribution in [1.82, 2.24) is 5.32 Å². The molecule has 0 spiro atoms. The van der Waals surface area contributed by atoms with E-state index in [-0.39, 0.29) is 28.7 Å². The van der Waals surface area contributed by atoms with E-state index in [1.54, 1.807) is 0 Å². The quantitative estimate of drug-likeness (QED) is 0.738. The molecule has 5 rings (SSSR count). The summed E-state index contributed by atoms with van der Waals surface area (Å²) < 4.78 is 5.27. The number of hydrogen-bond acceptors (Lipinski definition) is 3. The van der Waals surface area contributed by atoms with Crippen LogP contribution in [0.1, 0.15) is 33.6 Å². The van der Waals surface area contributed by atoms with Gasteiger partial charge in [0.05, 0.1) is 12.0 Å². The summed E-state index contributed by atoms with van der Waals surface area (Å²) in [6, 6.07) is -0.218. The van der Waals surface area contributed by atoms with E-state index in [4.69, 9.17) is 10.5 Å². The fourth-order valence-electron chi connectivity index (χ4n) is 4.16. The van der Waals surface area contributed by atoms with Gasteiger partial charge < -0.3 is 15.8 Å². The summed E-state index contributed by atoms with van der Waals surface area (Å²) in [5.41, 5.74) is 4.80. The van der Waals surface area contributed by atoms with Crippen molar-refractivity contribution >= 4 is 12.0 Å². The van der Waals surface area contributed by atoms with E-state index in [1.807, 2.05) is 20.8 Å². The predicted octanol–water partition coefficient (Wildman–Crippen LogP) is 1.33. The van der Waals surface area contributed by atoms with E-state index in [9.17, 15) is 9.59 Å². The van der Waals surface area contributed by atoms with Crippen LogP contribution in [0, 0.1) is 16.7 Å². The first-order valence-corrected chi connectivity index (χ1v) is 6.67. The molecule has 3 N–H and O–H groups in total. The zero-order valence-electron chi connectivity index (χ0n) is 11.5. The minimum Gasteiger partial charge on any atom is -0.444 e. The van der Waals surface area contributed by atoms with Crippen LogP contribution < -0.4 is 11.1 Å². The number of fused-ring (bicyclic) bond motifs is 1. The first-order chi connectivity index (χ1) is 8.68. The second-order valence-corrected chi connectivity index (χ2v) is 7.16. The summed E-state index contributed by atoms with van der Waals surface area (Å²) in [7, 11) is 0. The first-order valence-electron chi connectivity index (χ1n) is 6.67. The fourth-order valence-corrected chi connectivity index (χ4v) is 4.16. The number of primary amides is 1. The minimum absolute atomic E-state index is 0.0728. The molecular weight excluding hydrogens is 244 g/mol. The Morgan fingerprint density at radius 2 is 1.84 bits per heavy atom. The molecule has 5 heteroatoms. The van der Waals surface area contributed by atoms with Crippen molar-refractivity contribution in [2.24, 2.45) is 22.5 Å². The number of allylic oxidation sites excluding steroid dienone is 1. The van der Waals surface area contributed by atoms with Gasteiger partial charge in [0, 0.05) is 10.8 Å². The molecule has 0 heterocycles. The van der Waals surface area contributed by atoms with Gasteiger partial charge in [-0.3, -0.25) is 4.79 Å². The summed E-state index contributed by atoms with van der Waals surface area (Å²) in [5, 5.41) is 2.86. The molecule has 104 valence electrons. The Hall–Kier alpha value is -1.52. The van der Waals surface area contributed by atoms with Gasteiger partial charge in [0.15, 0.2) is 0 Å². The van der Waals surface area contributed by atoms with Gasteiger partial charge in [0.1, 0.15) is 5.60 Å². The number of alkyl carbamates (subject to hydrolysis) is 1. The third kappa shape index (κ3) is 1.60. The molecular formula is C14H20N2O3. The zero-order valence-corrected chi connectivity index (χ0v) is 11.5. The Balaban J connectivity index is 1.77. The van der Waals surface area contributed by atoms with Crippen molar-refractivity contribution in [1.29, 1.82) is 0 Å². The average molecular weight is 264 g/mol. The zero-order chi connectivity index (χ0) is 14.1. The average Bonchev–Trinajstić information content (AvgIpc) is 2.80. The topological polar surface area (TPSA) is 81.4 Å². The van der Waals surface area contributed by atoms with Crippen molar-refractivity contribution in [2.45, 2.75) is 45.3 Å². The van der Waals surface area contributed by atoms with Crippen molar-refractivity contribution in [3.63, 3.8) is 0 Å². The number of ether oxygens (including phenoxy) is 1. The highest BCUT2D eigenvalue weighted by atomic mass is 16.6. The maximum atomic E-state index is 11.9. The number of carbonyl (C=O) groups excluding carboxylic acids is 2. The van der Waals surface area contributed by atoms with Gasteiger partial charge >= 0.3 is 6.09 Å². The lowest BCUT2D eigenvalue weighted by Gasteiger charge is -2.38. The van der Waals surface area contributed by atoms with Gasteiger partial charge in [-0.2, -0.15) is 0 Å². The van der Waals surface area contributed by atoms with E-state index >= 15 is 0 Å². The lowest BCUT2D eigenvalue weighted by atomic mass is 9.65. The Morgan fingerprint density at radius 3 is 2.37 bits per heavy atom. The van der Waals surface area contributed by atoms with E-state index < -0.39 is 11.7 Å². The van der Waals surface area contributed by atoms with Crippen LogP contribution in [0.2, 0.25) is 0 Å². The SMILES string of the molecule is CC(C)(C)OC(=O)N[C@H]1[C@@H](C(N)=O)C23C=CC1(C2)C3. The molecule has 5 aliphatic rings. The molecule has 2 atom stereocenters.